The van der Waals surface area contributed by atoms with Crippen LogP contribution in [-0.4, -0.2) is 56.4 Å². The largest absolute Gasteiger partial charge is 0.443 e. The van der Waals surface area contributed by atoms with Crippen molar-refractivity contribution in [3.05, 3.63) is 34.2 Å². The number of halogens is 2. The standard InChI is InChI=1S/C16H21BrFN7O5/c1-16(2,3)29-15(26)25(24-28)7-6-19-13-12(22-30-23-13)14(21-27)20-9-4-5-11(18)10(17)8-9/h4-5,8,24,27-28H,6-7H2,1-3H3,(H,19,23)(H,20,21). The molecule has 0 aliphatic heterocycles. The maximum atomic E-state index is 13.4. The van der Waals surface area contributed by atoms with Crippen molar-refractivity contribution in [2.24, 2.45) is 4.99 Å². The third kappa shape index (κ3) is 6.62. The highest BCUT2D eigenvalue weighted by Crippen LogP contribution is 2.23. The molecule has 12 nitrogen and oxygen atoms in total. The number of nitrogens with one attached hydrogen (secondary N) is 3. The fourth-order valence-corrected chi connectivity index (χ4v) is 2.43. The number of nitrogens with zero attached hydrogens (tertiary/aromatic N) is 4. The Balaban J connectivity index is 2.07. The van der Waals surface area contributed by atoms with Gasteiger partial charge in [0.25, 0.3) is 0 Å². The van der Waals surface area contributed by atoms with Gasteiger partial charge in [-0.2, -0.15) is 0 Å². The lowest BCUT2D eigenvalue weighted by Crippen LogP contribution is -2.46. The third-order valence-electron chi connectivity index (χ3n) is 3.33. The average Bonchev–Trinajstić information content (AvgIpc) is 3.13. The molecule has 5 N–H and O–H groups in total. The molecule has 0 aliphatic carbocycles. The molecule has 0 fully saturated rings. The number of aromatic nitrogens is 2. The summed E-state index contributed by atoms with van der Waals surface area (Å²) in [6.45, 7) is 5.13. The molecule has 0 spiro atoms. The van der Waals surface area contributed by atoms with Gasteiger partial charge in [0.15, 0.2) is 11.5 Å². The van der Waals surface area contributed by atoms with Crippen LogP contribution < -0.4 is 16.4 Å². The normalized spacial score (nSPS) is 11.9. The van der Waals surface area contributed by atoms with Crippen molar-refractivity contribution in [2.45, 2.75) is 26.4 Å². The second-order valence-electron chi connectivity index (χ2n) is 6.79. The summed E-state index contributed by atoms with van der Waals surface area (Å²) in [6.07, 6.45) is -0.786. The first-order valence-electron chi connectivity index (χ1n) is 8.55. The molecule has 2 aromatic rings. The van der Waals surface area contributed by atoms with Gasteiger partial charge in [-0.25, -0.2) is 23.8 Å². The monoisotopic (exact) mass is 489 g/mol. The number of hydrogen-bond donors (Lipinski definition) is 5. The molecule has 0 bridgehead atoms. The van der Waals surface area contributed by atoms with E-state index in [2.05, 4.69) is 41.2 Å². The average molecular weight is 490 g/mol. The molecule has 14 heteroatoms. The van der Waals surface area contributed by atoms with Crippen LogP contribution in [0.2, 0.25) is 0 Å². The summed E-state index contributed by atoms with van der Waals surface area (Å²) < 4.78 is 23.4. The van der Waals surface area contributed by atoms with E-state index in [-0.39, 0.29) is 34.9 Å². The number of rotatable bonds is 7. The van der Waals surface area contributed by atoms with Gasteiger partial charge in [-0.3, -0.25) is 15.9 Å². The van der Waals surface area contributed by atoms with Crippen molar-refractivity contribution < 1.29 is 29.0 Å². The van der Waals surface area contributed by atoms with Crippen molar-refractivity contribution >= 4 is 39.4 Å². The number of ether oxygens (including phenoxy) is 1. The van der Waals surface area contributed by atoms with E-state index in [0.29, 0.717) is 5.69 Å². The fourth-order valence-electron chi connectivity index (χ4n) is 2.06. The molecule has 0 saturated carbocycles. The number of carbonyl (C=O) groups excluding carboxylic acids is 1. The number of amidine groups is 1. The fraction of sp³-hybridized carbons (Fsp3) is 0.375. The Morgan fingerprint density at radius 1 is 1.37 bits per heavy atom. The lowest BCUT2D eigenvalue weighted by molar-refractivity contribution is -0.0423. The van der Waals surface area contributed by atoms with Crippen LogP contribution in [0.1, 0.15) is 26.5 Å². The Kier molecular flexibility index (Phi) is 8.05. The van der Waals surface area contributed by atoms with Gasteiger partial charge in [0.2, 0.25) is 5.82 Å². The first-order chi connectivity index (χ1) is 14.1. The minimum Gasteiger partial charge on any atom is -0.443 e. The third-order valence-corrected chi connectivity index (χ3v) is 3.93. The van der Waals surface area contributed by atoms with E-state index in [0.717, 1.165) is 5.01 Å². The quantitative estimate of drug-likeness (QED) is 0.222. The highest BCUT2D eigenvalue weighted by molar-refractivity contribution is 9.10. The molecule has 1 aromatic carbocycles. The number of anilines is 1. The van der Waals surface area contributed by atoms with Gasteiger partial charge in [-0.1, -0.05) is 0 Å². The molecule has 0 aliphatic rings. The van der Waals surface area contributed by atoms with Crippen molar-refractivity contribution in [3.63, 3.8) is 0 Å². The van der Waals surface area contributed by atoms with E-state index in [9.17, 15) is 14.4 Å². The lowest BCUT2D eigenvalue weighted by atomic mass is 10.2. The number of amides is 1. The topological polar surface area (TPSA) is 157 Å². The van der Waals surface area contributed by atoms with Gasteiger partial charge in [0, 0.05) is 6.54 Å². The van der Waals surface area contributed by atoms with Crippen molar-refractivity contribution in [1.29, 1.82) is 0 Å². The molecule has 1 amide bonds. The van der Waals surface area contributed by atoms with Gasteiger partial charge >= 0.3 is 6.09 Å². The summed E-state index contributed by atoms with van der Waals surface area (Å²) >= 11 is 3.05. The number of carbonyl (C=O) groups is 1. The summed E-state index contributed by atoms with van der Waals surface area (Å²) in [5.74, 6) is -0.495. The Labute approximate surface area is 179 Å². The minimum atomic E-state index is -0.786. The first-order valence-corrected chi connectivity index (χ1v) is 9.35. The molecule has 164 valence electrons. The summed E-state index contributed by atoms with van der Waals surface area (Å²) in [5.41, 5.74) is 3.23. The summed E-state index contributed by atoms with van der Waals surface area (Å²) in [5, 5.41) is 29.6. The Morgan fingerprint density at radius 3 is 2.70 bits per heavy atom. The maximum Gasteiger partial charge on any atom is 0.426 e. The molecule has 30 heavy (non-hydrogen) atoms. The number of hydrazine groups is 1. The Hall–Kier alpha value is -2.81. The molecule has 0 unspecified atom stereocenters. The van der Waals surface area contributed by atoms with E-state index in [1.54, 1.807) is 26.4 Å². The number of benzene rings is 1. The SMILES string of the molecule is CC(C)(C)OC(=O)N(CCNc1nonc1C(=Nc1ccc(F)c(Br)c1)NO)NO. The molecule has 1 aromatic heterocycles. The van der Waals surface area contributed by atoms with E-state index >= 15 is 0 Å². The van der Waals surface area contributed by atoms with Gasteiger partial charge in [-0.05, 0) is 65.2 Å². The molecule has 0 atom stereocenters. The predicted molar refractivity (Wildman–Crippen MR) is 106 cm³/mol. The number of aliphatic imine (C=N–C) groups is 1. The number of hydroxylamine groups is 1. The molecular formula is C16H21BrFN7O5. The molecule has 0 radical (unpaired) electrons. The zero-order valence-electron chi connectivity index (χ0n) is 16.3. The van der Waals surface area contributed by atoms with Gasteiger partial charge in [0.1, 0.15) is 11.4 Å². The van der Waals surface area contributed by atoms with Crippen molar-refractivity contribution in [2.75, 3.05) is 18.4 Å². The molecule has 1 heterocycles. The van der Waals surface area contributed by atoms with Crippen LogP contribution in [0.4, 0.5) is 20.7 Å². The molecular weight excluding hydrogens is 469 g/mol. The maximum absolute atomic E-state index is 13.4. The van der Waals surface area contributed by atoms with Crippen LogP contribution in [0.5, 0.6) is 0 Å². The predicted octanol–water partition coefficient (Wildman–Crippen LogP) is 2.57. The van der Waals surface area contributed by atoms with Crippen LogP contribution in [0.15, 0.2) is 32.3 Å². The van der Waals surface area contributed by atoms with Crippen LogP contribution >= 0.6 is 15.9 Å². The summed E-state index contributed by atoms with van der Waals surface area (Å²) in [6, 6.07) is 3.99. The number of hydrogen-bond acceptors (Lipinski definition) is 10. The Bertz CT molecular complexity index is 902. The molecule has 2 rings (SSSR count). The van der Waals surface area contributed by atoms with E-state index < -0.39 is 17.5 Å². The van der Waals surface area contributed by atoms with E-state index in [4.69, 9.17) is 9.94 Å². The smallest absolute Gasteiger partial charge is 0.426 e. The first kappa shape index (κ1) is 23.5. The van der Waals surface area contributed by atoms with Crippen LogP contribution in [0, 0.1) is 5.82 Å². The van der Waals surface area contributed by atoms with E-state index in [1.165, 1.54) is 18.2 Å². The lowest BCUT2D eigenvalue weighted by Gasteiger charge is -2.25. The van der Waals surface area contributed by atoms with Crippen LogP contribution in [0.3, 0.4) is 0 Å². The molecule has 0 saturated heterocycles. The zero-order chi connectivity index (χ0) is 22.3. The summed E-state index contributed by atoms with van der Waals surface area (Å²) in [7, 11) is 0. The van der Waals surface area contributed by atoms with Crippen LogP contribution in [0.25, 0.3) is 0 Å². The highest BCUT2D eigenvalue weighted by Gasteiger charge is 2.22. The van der Waals surface area contributed by atoms with Gasteiger partial charge in [0.05, 0.1) is 16.7 Å². The summed E-state index contributed by atoms with van der Waals surface area (Å²) in [4.78, 5) is 16.1. The van der Waals surface area contributed by atoms with E-state index in [1.807, 2.05) is 5.48 Å². The van der Waals surface area contributed by atoms with Crippen molar-refractivity contribution in [1.82, 2.24) is 26.4 Å². The zero-order valence-corrected chi connectivity index (χ0v) is 17.9. The highest BCUT2D eigenvalue weighted by atomic mass is 79.9. The minimum absolute atomic E-state index is 0.0261. The van der Waals surface area contributed by atoms with Crippen LogP contribution in [-0.2, 0) is 4.74 Å². The second kappa shape index (κ2) is 10.3. The van der Waals surface area contributed by atoms with Crippen molar-refractivity contribution in [3.8, 4) is 0 Å². The van der Waals surface area contributed by atoms with Gasteiger partial charge in [-0.15, -0.1) is 5.59 Å². The Morgan fingerprint density at radius 2 is 2.10 bits per heavy atom. The second-order valence-corrected chi connectivity index (χ2v) is 7.65. The van der Waals surface area contributed by atoms with Gasteiger partial charge < -0.3 is 10.1 Å².